The molecule has 3 unspecified atom stereocenters. The molecule has 20 heavy (non-hydrogen) atoms. The molecule has 2 N–H and O–H groups in total. The van der Waals surface area contributed by atoms with Crippen molar-refractivity contribution in [2.24, 2.45) is 17.8 Å². The van der Waals surface area contributed by atoms with Gasteiger partial charge in [-0.15, -0.1) is 11.3 Å². The summed E-state index contributed by atoms with van der Waals surface area (Å²) in [5.41, 5.74) is 1.02. The van der Waals surface area contributed by atoms with Gasteiger partial charge in [0.2, 0.25) is 5.91 Å². The van der Waals surface area contributed by atoms with Crippen LogP contribution in [0.5, 0.6) is 0 Å². The van der Waals surface area contributed by atoms with Crippen LogP contribution in [0.1, 0.15) is 51.3 Å². The van der Waals surface area contributed by atoms with E-state index in [0.717, 1.165) is 23.8 Å². The third-order valence-electron chi connectivity index (χ3n) is 4.61. The van der Waals surface area contributed by atoms with Crippen molar-refractivity contribution in [2.75, 3.05) is 11.9 Å². The lowest BCUT2D eigenvalue weighted by Gasteiger charge is -2.09. The first kappa shape index (κ1) is 14.0. The highest BCUT2D eigenvalue weighted by Gasteiger charge is 2.56. The second-order valence-corrected chi connectivity index (χ2v) is 6.89. The monoisotopic (exact) mass is 293 g/mol. The van der Waals surface area contributed by atoms with Crippen LogP contribution >= 0.6 is 11.3 Å². The van der Waals surface area contributed by atoms with Gasteiger partial charge >= 0.3 is 0 Å². The summed E-state index contributed by atoms with van der Waals surface area (Å²) in [5.74, 6) is 1.79. The van der Waals surface area contributed by atoms with Gasteiger partial charge in [-0.3, -0.25) is 4.79 Å². The van der Waals surface area contributed by atoms with Crippen molar-refractivity contribution in [1.82, 2.24) is 10.3 Å². The summed E-state index contributed by atoms with van der Waals surface area (Å²) in [6.45, 7) is 5.26. The van der Waals surface area contributed by atoms with Crippen molar-refractivity contribution < 1.29 is 4.79 Å². The molecule has 1 amide bonds. The molecule has 0 bridgehead atoms. The number of carbonyl (C=O) groups is 1. The van der Waals surface area contributed by atoms with E-state index in [1.807, 2.05) is 5.38 Å². The van der Waals surface area contributed by atoms with Gasteiger partial charge in [-0.2, -0.15) is 0 Å². The number of nitrogens with one attached hydrogen (secondary N) is 2. The van der Waals surface area contributed by atoms with E-state index in [-0.39, 0.29) is 17.9 Å². The van der Waals surface area contributed by atoms with Crippen LogP contribution in [0, 0.1) is 17.8 Å². The number of anilines is 1. The Labute approximate surface area is 124 Å². The Balaban J connectivity index is 1.53. The largest absolute Gasteiger partial charge is 0.309 e. The summed E-state index contributed by atoms with van der Waals surface area (Å²) in [4.78, 5) is 16.7. The van der Waals surface area contributed by atoms with Crippen LogP contribution in [-0.2, 0) is 4.79 Å². The normalized spacial score (nSPS) is 29.0. The molecular weight excluding hydrogens is 270 g/mol. The van der Waals surface area contributed by atoms with Crippen LogP contribution < -0.4 is 10.6 Å². The maximum atomic E-state index is 12.2. The van der Waals surface area contributed by atoms with Gasteiger partial charge in [-0.25, -0.2) is 4.98 Å². The number of thiazole rings is 1. The minimum atomic E-state index is 0.190. The molecular formula is C15H23N3OS. The Morgan fingerprint density at radius 1 is 1.50 bits per heavy atom. The second-order valence-electron chi connectivity index (χ2n) is 6.03. The molecule has 2 fully saturated rings. The predicted octanol–water partition coefficient (Wildman–Crippen LogP) is 3.19. The van der Waals surface area contributed by atoms with Crippen LogP contribution in [0.25, 0.3) is 0 Å². The van der Waals surface area contributed by atoms with Crippen LogP contribution in [0.15, 0.2) is 5.38 Å². The van der Waals surface area contributed by atoms with E-state index in [9.17, 15) is 4.79 Å². The Hall–Kier alpha value is -0.940. The van der Waals surface area contributed by atoms with Crippen LogP contribution in [0.2, 0.25) is 0 Å². The zero-order chi connectivity index (χ0) is 14.1. The first-order valence-electron chi connectivity index (χ1n) is 7.70. The van der Waals surface area contributed by atoms with E-state index < -0.39 is 0 Å². The topological polar surface area (TPSA) is 54.0 Å². The fourth-order valence-electron chi connectivity index (χ4n) is 3.41. The lowest BCUT2D eigenvalue weighted by molar-refractivity contribution is -0.118. The molecule has 1 heterocycles. The summed E-state index contributed by atoms with van der Waals surface area (Å²) in [6, 6.07) is 0.247. The van der Waals surface area contributed by atoms with Gasteiger partial charge in [0.05, 0.1) is 5.69 Å². The molecule has 0 radical (unpaired) electrons. The lowest BCUT2D eigenvalue weighted by Crippen LogP contribution is -2.20. The van der Waals surface area contributed by atoms with Gasteiger partial charge in [0.25, 0.3) is 0 Å². The number of amides is 1. The average Bonchev–Trinajstić information content (AvgIpc) is 2.85. The van der Waals surface area contributed by atoms with Gasteiger partial charge in [0, 0.05) is 17.3 Å². The Morgan fingerprint density at radius 2 is 2.25 bits per heavy atom. The lowest BCUT2D eigenvalue weighted by atomic mass is 10.1. The highest BCUT2D eigenvalue weighted by atomic mass is 32.1. The molecule has 0 aromatic carbocycles. The predicted molar refractivity (Wildman–Crippen MR) is 81.8 cm³/mol. The van der Waals surface area contributed by atoms with Crippen molar-refractivity contribution in [3.05, 3.63) is 11.1 Å². The first-order chi connectivity index (χ1) is 9.70. The number of carbonyl (C=O) groups excluding carboxylic acids is 1. The first-order valence-corrected chi connectivity index (χ1v) is 8.58. The average molecular weight is 293 g/mol. The summed E-state index contributed by atoms with van der Waals surface area (Å²) in [5, 5.41) is 9.21. The smallest absolute Gasteiger partial charge is 0.229 e. The number of nitrogens with zero attached hydrogens (tertiary/aromatic N) is 1. The number of hydrogen-bond donors (Lipinski definition) is 2. The molecule has 4 nitrogen and oxygen atoms in total. The van der Waals surface area contributed by atoms with E-state index in [1.54, 1.807) is 0 Å². The van der Waals surface area contributed by atoms with Crippen molar-refractivity contribution >= 4 is 22.4 Å². The minimum absolute atomic E-state index is 0.190. The van der Waals surface area contributed by atoms with Crippen LogP contribution in [0.4, 0.5) is 5.13 Å². The van der Waals surface area contributed by atoms with E-state index >= 15 is 0 Å². The summed E-state index contributed by atoms with van der Waals surface area (Å²) >= 11 is 1.53. The van der Waals surface area contributed by atoms with E-state index in [4.69, 9.17) is 0 Å². The number of fused-ring (bicyclic) bond motifs is 1. The van der Waals surface area contributed by atoms with Gasteiger partial charge < -0.3 is 10.6 Å². The van der Waals surface area contributed by atoms with Gasteiger partial charge in [-0.1, -0.05) is 13.3 Å². The summed E-state index contributed by atoms with van der Waals surface area (Å²) in [6.07, 6.45) is 4.90. The minimum Gasteiger partial charge on any atom is -0.309 e. The molecule has 1 aromatic heterocycles. The molecule has 0 spiro atoms. The van der Waals surface area contributed by atoms with Crippen molar-refractivity contribution in [3.8, 4) is 0 Å². The Morgan fingerprint density at radius 3 is 2.95 bits per heavy atom. The van der Waals surface area contributed by atoms with Crippen molar-refractivity contribution in [2.45, 2.75) is 45.6 Å². The number of hydrogen-bond acceptors (Lipinski definition) is 4. The summed E-state index contributed by atoms with van der Waals surface area (Å²) in [7, 11) is 0. The van der Waals surface area contributed by atoms with Crippen LogP contribution in [-0.4, -0.2) is 17.4 Å². The highest BCUT2D eigenvalue weighted by Crippen LogP contribution is 2.57. The van der Waals surface area contributed by atoms with Crippen LogP contribution in [0.3, 0.4) is 0 Å². The van der Waals surface area contributed by atoms with Crippen molar-refractivity contribution in [3.63, 3.8) is 0 Å². The molecule has 110 valence electrons. The molecule has 3 atom stereocenters. The fraction of sp³-hybridized carbons (Fsp3) is 0.733. The van der Waals surface area contributed by atoms with Gasteiger partial charge in [-0.05, 0) is 44.6 Å². The summed E-state index contributed by atoms with van der Waals surface area (Å²) < 4.78 is 0. The Bertz CT molecular complexity index is 477. The molecule has 0 aliphatic heterocycles. The van der Waals surface area contributed by atoms with E-state index in [2.05, 4.69) is 29.5 Å². The standard InChI is InChI=1S/C15H23N3OS/c1-3-7-16-9(2)12-8-20-15(17-12)18-14(19)13-10-5-4-6-11(10)13/h8-11,13,16H,3-7H2,1-2H3,(H,17,18,19). The SMILES string of the molecule is CCCNC(C)c1csc(NC(=O)C2C3CCCC32)n1. The third-order valence-corrected chi connectivity index (χ3v) is 5.38. The zero-order valence-electron chi connectivity index (χ0n) is 12.2. The Kier molecular flexibility index (Phi) is 4.08. The van der Waals surface area contributed by atoms with E-state index in [1.165, 1.54) is 30.6 Å². The van der Waals surface area contributed by atoms with Crippen molar-refractivity contribution in [1.29, 1.82) is 0 Å². The molecule has 2 aliphatic carbocycles. The maximum Gasteiger partial charge on any atom is 0.229 e. The fourth-order valence-corrected chi connectivity index (χ4v) is 4.21. The molecule has 2 saturated carbocycles. The maximum absolute atomic E-state index is 12.2. The van der Waals surface area contributed by atoms with Gasteiger partial charge in [0.1, 0.15) is 0 Å². The third kappa shape index (κ3) is 2.74. The zero-order valence-corrected chi connectivity index (χ0v) is 13.0. The number of rotatable bonds is 6. The quantitative estimate of drug-likeness (QED) is 0.847. The van der Waals surface area contributed by atoms with E-state index in [0.29, 0.717) is 11.8 Å². The second kappa shape index (κ2) is 5.82. The molecule has 1 aromatic rings. The molecule has 5 heteroatoms. The molecule has 0 saturated heterocycles. The molecule has 3 rings (SSSR count). The highest BCUT2D eigenvalue weighted by molar-refractivity contribution is 7.13. The molecule has 2 aliphatic rings. The van der Waals surface area contributed by atoms with Gasteiger partial charge in [0.15, 0.2) is 5.13 Å². The number of aromatic nitrogens is 1.